The normalized spacial score (nSPS) is 17.8. The topological polar surface area (TPSA) is 48.1 Å². The summed E-state index contributed by atoms with van der Waals surface area (Å²) >= 11 is 0. The third kappa shape index (κ3) is 2.41. The molecule has 0 saturated carbocycles. The van der Waals surface area contributed by atoms with E-state index >= 15 is 0 Å². The zero-order valence-corrected chi connectivity index (χ0v) is 11.1. The lowest BCUT2D eigenvalue weighted by Gasteiger charge is -2.25. The Kier molecular flexibility index (Phi) is 3.11. The van der Waals surface area contributed by atoms with Crippen LogP contribution in [0.1, 0.15) is 35.6 Å². The van der Waals surface area contributed by atoms with E-state index in [-0.39, 0.29) is 6.10 Å². The van der Waals surface area contributed by atoms with Gasteiger partial charge in [-0.3, -0.25) is 0 Å². The average molecular weight is 254 g/mol. The van der Waals surface area contributed by atoms with Gasteiger partial charge in [0.2, 0.25) is 5.88 Å². The molecular weight excluding hydrogens is 236 g/mol. The lowest BCUT2D eigenvalue weighted by atomic mass is 9.89. The highest BCUT2D eigenvalue weighted by molar-refractivity contribution is 5.45. The SMILES string of the molecule is Cc1cc(OC2CCCc3ccccc32)ncc1N. The summed E-state index contributed by atoms with van der Waals surface area (Å²) in [4.78, 5) is 4.26. The first-order valence-corrected chi connectivity index (χ1v) is 6.70. The fraction of sp³-hybridized carbons (Fsp3) is 0.312. The molecule has 19 heavy (non-hydrogen) atoms. The maximum Gasteiger partial charge on any atom is 0.214 e. The number of hydrogen-bond donors (Lipinski definition) is 1. The number of nitrogens with two attached hydrogens (primary N) is 1. The summed E-state index contributed by atoms with van der Waals surface area (Å²) in [6.07, 6.45) is 5.13. The maximum atomic E-state index is 6.05. The number of anilines is 1. The summed E-state index contributed by atoms with van der Waals surface area (Å²) in [6, 6.07) is 10.4. The summed E-state index contributed by atoms with van der Waals surface area (Å²) in [7, 11) is 0. The van der Waals surface area contributed by atoms with E-state index in [9.17, 15) is 0 Å². The number of nitrogens with zero attached hydrogens (tertiary/aromatic N) is 1. The van der Waals surface area contributed by atoms with Gasteiger partial charge in [0.15, 0.2) is 0 Å². The van der Waals surface area contributed by atoms with Gasteiger partial charge in [0.25, 0.3) is 0 Å². The Balaban J connectivity index is 1.86. The Morgan fingerprint density at radius 1 is 1.32 bits per heavy atom. The van der Waals surface area contributed by atoms with Gasteiger partial charge in [0.1, 0.15) is 6.10 Å². The van der Waals surface area contributed by atoms with Crippen LogP contribution in [0, 0.1) is 6.92 Å². The quantitative estimate of drug-likeness (QED) is 0.893. The van der Waals surface area contributed by atoms with Gasteiger partial charge in [-0.2, -0.15) is 0 Å². The molecule has 3 rings (SSSR count). The van der Waals surface area contributed by atoms with E-state index in [0.717, 1.165) is 24.8 Å². The molecule has 3 heteroatoms. The van der Waals surface area contributed by atoms with E-state index in [1.54, 1.807) is 6.20 Å². The van der Waals surface area contributed by atoms with Crippen LogP contribution in [0.25, 0.3) is 0 Å². The lowest BCUT2D eigenvalue weighted by molar-refractivity contribution is 0.175. The van der Waals surface area contributed by atoms with Gasteiger partial charge in [0.05, 0.1) is 11.9 Å². The van der Waals surface area contributed by atoms with Crippen LogP contribution in [-0.2, 0) is 6.42 Å². The first kappa shape index (κ1) is 12.0. The monoisotopic (exact) mass is 254 g/mol. The number of nitrogen functional groups attached to an aromatic ring is 1. The summed E-state index contributed by atoms with van der Waals surface area (Å²) in [5, 5.41) is 0. The van der Waals surface area contributed by atoms with E-state index in [1.165, 1.54) is 11.1 Å². The molecule has 0 spiro atoms. The van der Waals surface area contributed by atoms with Gasteiger partial charge in [-0.05, 0) is 42.9 Å². The number of fused-ring (bicyclic) bond motifs is 1. The molecule has 0 aliphatic heterocycles. The minimum absolute atomic E-state index is 0.112. The summed E-state index contributed by atoms with van der Waals surface area (Å²) in [6.45, 7) is 1.97. The van der Waals surface area contributed by atoms with Gasteiger partial charge in [-0.1, -0.05) is 24.3 Å². The van der Waals surface area contributed by atoms with Crippen molar-refractivity contribution in [3.05, 3.63) is 53.2 Å². The van der Waals surface area contributed by atoms with Crippen LogP contribution in [0.15, 0.2) is 36.5 Å². The number of pyridine rings is 1. The van der Waals surface area contributed by atoms with Crippen molar-refractivity contribution in [2.75, 3.05) is 5.73 Å². The number of benzene rings is 1. The molecule has 1 atom stereocenters. The van der Waals surface area contributed by atoms with Gasteiger partial charge >= 0.3 is 0 Å². The van der Waals surface area contributed by atoms with Crippen molar-refractivity contribution in [3.63, 3.8) is 0 Å². The Bertz CT molecular complexity index is 595. The maximum absolute atomic E-state index is 6.05. The molecule has 1 unspecified atom stereocenters. The highest BCUT2D eigenvalue weighted by Crippen LogP contribution is 2.33. The third-order valence-electron chi connectivity index (χ3n) is 3.70. The Hall–Kier alpha value is -2.03. The number of aromatic nitrogens is 1. The van der Waals surface area contributed by atoms with Crippen molar-refractivity contribution in [2.24, 2.45) is 0 Å². The van der Waals surface area contributed by atoms with E-state index < -0.39 is 0 Å². The van der Waals surface area contributed by atoms with Crippen LogP contribution >= 0.6 is 0 Å². The summed E-state index contributed by atoms with van der Waals surface area (Å²) in [5.74, 6) is 0.661. The van der Waals surface area contributed by atoms with Crippen LogP contribution in [0.3, 0.4) is 0 Å². The van der Waals surface area contributed by atoms with Crippen molar-refractivity contribution < 1.29 is 4.74 Å². The van der Waals surface area contributed by atoms with E-state index in [1.807, 2.05) is 13.0 Å². The predicted octanol–water partition coefficient (Wildman–Crippen LogP) is 3.43. The van der Waals surface area contributed by atoms with Crippen molar-refractivity contribution in [1.29, 1.82) is 0 Å². The van der Waals surface area contributed by atoms with Gasteiger partial charge in [-0.15, -0.1) is 0 Å². The highest BCUT2D eigenvalue weighted by atomic mass is 16.5. The largest absolute Gasteiger partial charge is 0.469 e. The van der Waals surface area contributed by atoms with E-state index in [0.29, 0.717) is 11.6 Å². The van der Waals surface area contributed by atoms with Crippen LogP contribution in [-0.4, -0.2) is 4.98 Å². The first-order valence-electron chi connectivity index (χ1n) is 6.70. The molecule has 0 fully saturated rings. The molecular formula is C16H18N2O. The Morgan fingerprint density at radius 2 is 2.16 bits per heavy atom. The highest BCUT2D eigenvalue weighted by Gasteiger charge is 2.21. The second-order valence-corrected chi connectivity index (χ2v) is 5.08. The zero-order valence-electron chi connectivity index (χ0n) is 11.1. The van der Waals surface area contributed by atoms with Crippen LogP contribution in [0.5, 0.6) is 5.88 Å². The van der Waals surface area contributed by atoms with Crippen molar-refractivity contribution >= 4 is 5.69 Å². The van der Waals surface area contributed by atoms with Crippen LogP contribution < -0.4 is 10.5 Å². The summed E-state index contributed by atoms with van der Waals surface area (Å²) in [5.41, 5.74) is 10.2. The first-order chi connectivity index (χ1) is 9.24. The van der Waals surface area contributed by atoms with Crippen molar-refractivity contribution in [1.82, 2.24) is 4.98 Å². The molecule has 1 aromatic heterocycles. The average Bonchev–Trinajstić information content (AvgIpc) is 2.43. The van der Waals surface area contributed by atoms with Crippen LogP contribution in [0.2, 0.25) is 0 Å². The molecule has 1 aromatic carbocycles. The van der Waals surface area contributed by atoms with Gasteiger partial charge in [0, 0.05) is 6.07 Å². The molecule has 2 N–H and O–H groups in total. The Labute approximate surface area is 113 Å². The number of rotatable bonds is 2. The molecule has 0 saturated heterocycles. The van der Waals surface area contributed by atoms with Crippen molar-refractivity contribution in [2.45, 2.75) is 32.3 Å². The van der Waals surface area contributed by atoms with E-state index in [4.69, 9.17) is 10.5 Å². The molecule has 0 amide bonds. The van der Waals surface area contributed by atoms with Crippen molar-refractivity contribution in [3.8, 4) is 5.88 Å². The standard InChI is InChI=1S/C16H18N2O/c1-11-9-16(18-10-14(11)17)19-15-8-4-6-12-5-2-3-7-13(12)15/h2-3,5,7,9-10,15H,4,6,8,17H2,1H3. The third-order valence-corrected chi connectivity index (χ3v) is 3.70. The smallest absolute Gasteiger partial charge is 0.214 e. The minimum atomic E-state index is 0.112. The molecule has 0 radical (unpaired) electrons. The second-order valence-electron chi connectivity index (χ2n) is 5.08. The number of ether oxygens (including phenoxy) is 1. The molecule has 1 aliphatic rings. The fourth-order valence-corrected chi connectivity index (χ4v) is 2.58. The molecule has 0 bridgehead atoms. The van der Waals surface area contributed by atoms with Gasteiger partial charge in [-0.25, -0.2) is 4.98 Å². The van der Waals surface area contributed by atoms with Gasteiger partial charge < -0.3 is 10.5 Å². The minimum Gasteiger partial charge on any atom is -0.469 e. The summed E-state index contributed by atoms with van der Waals surface area (Å²) < 4.78 is 6.05. The predicted molar refractivity (Wildman–Crippen MR) is 76.1 cm³/mol. The second kappa shape index (κ2) is 4.92. The number of hydrogen-bond acceptors (Lipinski definition) is 3. The molecule has 98 valence electrons. The lowest BCUT2D eigenvalue weighted by Crippen LogP contribution is -2.15. The molecule has 1 aliphatic carbocycles. The van der Waals surface area contributed by atoms with Crippen LogP contribution in [0.4, 0.5) is 5.69 Å². The number of aryl methyl sites for hydroxylation is 2. The fourth-order valence-electron chi connectivity index (χ4n) is 2.58. The Morgan fingerprint density at radius 3 is 3.00 bits per heavy atom. The zero-order chi connectivity index (χ0) is 13.2. The molecule has 1 heterocycles. The van der Waals surface area contributed by atoms with E-state index in [2.05, 4.69) is 29.2 Å². The molecule has 2 aromatic rings. The molecule has 3 nitrogen and oxygen atoms in total.